The maximum Gasteiger partial charge on any atom is 0.241 e. The number of nitrogens with one attached hydrogen (secondary N) is 2. The van der Waals surface area contributed by atoms with Gasteiger partial charge >= 0.3 is 0 Å². The zero-order valence-electron chi connectivity index (χ0n) is 13.3. The lowest BCUT2D eigenvalue weighted by Gasteiger charge is -2.23. The number of nitrogens with zero attached hydrogens (tertiary/aromatic N) is 4. The topological polar surface area (TPSA) is 102 Å². The maximum atomic E-state index is 11.9. The lowest BCUT2D eigenvalue weighted by atomic mass is 9.85. The molecule has 2 N–H and O–H groups in total. The summed E-state index contributed by atoms with van der Waals surface area (Å²) >= 11 is 0. The van der Waals surface area contributed by atoms with Crippen LogP contribution in [-0.2, 0) is 22.6 Å². The van der Waals surface area contributed by atoms with Crippen LogP contribution in [0.4, 0.5) is 5.82 Å². The van der Waals surface area contributed by atoms with E-state index >= 15 is 0 Å². The smallest absolute Gasteiger partial charge is 0.241 e. The second-order valence-electron chi connectivity index (χ2n) is 5.87. The number of rotatable bonds is 7. The summed E-state index contributed by atoms with van der Waals surface area (Å²) in [6.45, 7) is 0.617. The van der Waals surface area contributed by atoms with Gasteiger partial charge in [-0.05, 0) is 37.0 Å². The first-order valence-corrected chi connectivity index (χ1v) is 8.07. The predicted molar refractivity (Wildman–Crippen MR) is 86.9 cm³/mol. The van der Waals surface area contributed by atoms with Gasteiger partial charge in [0.2, 0.25) is 11.8 Å². The fourth-order valence-electron chi connectivity index (χ4n) is 2.43. The zero-order chi connectivity index (χ0) is 16.8. The quantitative estimate of drug-likeness (QED) is 0.782. The van der Waals surface area contributed by atoms with Crippen molar-refractivity contribution in [3.8, 4) is 0 Å². The van der Waals surface area contributed by atoms with Gasteiger partial charge in [0.05, 0.1) is 6.20 Å². The molecular weight excluding hydrogens is 308 g/mol. The van der Waals surface area contributed by atoms with E-state index in [1.54, 1.807) is 18.6 Å². The molecule has 0 aliphatic heterocycles. The third-order valence-electron chi connectivity index (χ3n) is 4.06. The molecular formula is C16H20N6O2. The van der Waals surface area contributed by atoms with Gasteiger partial charge in [0, 0.05) is 24.9 Å². The minimum atomic E-state index is -0.147. The highest BCUT2D eigenvalue weighted by atomic mass is 16.2. The van der Waals surface area contributed by atoms with Crippen molar-refractivity contribution >= 4 is 17.6 Å². The molecule has 2 amide bonds. The van der Waals surface area contributed by atoms with Gasteiger partial charge in [0.1, 0.15) is 6.54 Å². The zero-order valence-corrected chi connectivity index (χ0v) is 13.3. The largest absolute Gasteiger partial charge is 0.354 e. The second kappa shape index (κ2) is 7.67. The molecule has 0 unspecified atom stereocenters. The molecule has 2 aromatic heterocycles. The van der Waals surface area contributed by atoms with Gasteiger partial charge in [-0.15, -0.1) is 5.10 Å². The number of anilines is 1. The van der Waals surface area contributed by atoms with E-state index in [0.29, 0.717) is 12.4 Å². The van der Waals surface area contributed by atoms with Crippen molar-refractivity contribution in [1.82, 2.24) is 25.3 Å². The number of pyridine rings is 1. The van der Waals surface area contributed by atoms with Crippen molar-refractivity contribution in [3.05, 3.63) is 36.3 Å². The van der Waals surface area contributed by atoms with Crippen LogP contribution in [0.15, 0.2) is 30.7 Å². The van der Waals surface area contributed by atoms with Gasteiger partial charge in [-0.1, -0.05) is 11.6 Å². The van der Waals surface area contributed by atoms with Crippen molar-refractivity contribution < 1.29 is 9.59 Å². The third kappa shape index (κ3) is 4.37. The number of hydrogen-bond acceptors (Lipinski definition) is 5. The first-order valence-electron chi connectivity index (χ1n) is 8.07. The van der Waals surface area contributed by atoms with Crippen molar-refractivity contribution in [2.75, 3.05) is 11.9 Å². The Balaban J connectivity index is 1.40. The molecule has 0 radical (unpaired) electrons. The molecule has 3 rings (SSSR count). The first-order chi connectivity index (χ1) is 11.7. The van der Waals surface area contributed by atoms with Crippen LogP contribution in [-0.4, -0.2) is 38.3 Å². The molecule has 2 heterocycles. The van der Waals surface area contributed by atoms with Gasteiger partial charge in [-0.25, -0.2) is 4.68 Å². The maximum absolute atomic E-state index is 11.9. The highest BCUT2D eigenvalue weighted by Gasteiger charge is 2.25. The van der Waals surface area contributed by atoms with Gasteiger partial charge in [-0.2, -0.15) is 0 Å². The Labute approximate surface area is 139 Å². The Morgan fingerprint density at radius 1 is 1.25 bits per heavy atom. The molecule has 0 aromatic carbocycles. The van der Waals surface area contributed by atoms with Crippen LogP contribution in [0.5, 0.6) is 0 Å². The molecule has 1 saturated carbocycles. The molecule has 1 fully saturated rings. The summed E-state index contributed by atoms with van der Waals surface area (Å²) in [7, 11) is 0. The highest BCUT2D eigenvalue weighted by Crippen LogP contribution is 2.27. The van der Waals surface area contributed by atoms with E-state index in [0.717, 1.165) is 31.2 Å². The SMILES string of the molecule is O=C(Cn1cc(NC(=O)C2CCC2)nn1)NCCc1ccncc1. The minimum absolute atomic E-state index is 0.0184. The van der Waals surface area contributed by atoms with Crippen molar-refractivity contribution in [3.63, 3.8) is 0 Å². The number of amides is 2. The standard InChI is InChI=1S/C16H20N6O2/c23-15(18-9-6-12-4-7-17-8-5-12)11-22-10-14(20-21-22)19-16(24)13-2-1-3-13/h4-5,7-8,10,13H,1-3,6,9,11H2,(H,18,23)(H,19,24). The average Bonchev–Trinajstić information content (AvgIpc) is 2.93. The summed E-state index contributed by atoms with van der Waals surface area (Å²) in [5.41, 5.74) is 1.12. The first kappa shape index (κ1) is 16.1. The average molecular weight is 328 g/mol. The molecule has 0 bridgehead atoms. The van der Waals surface area contributed by atoms with E-state index in [1.165, 1.54) is 4.68 Å². The Morgan fingerprint density at radius 2 is 2.04 bits per heavy atom. The molecule has 8 nitrogen and oxygen atoms in total. The molecule has 126 valence electrons. The van der Waals surface area contributed by atoms with Crippen molar-refractivity contribution in [2.24, 2.45) is 5.92 Å². The van der Waals surface area contributed by atoms with E-state index in [1.807, 2.05) is 12.1 Å². The Kier molecular flexibility index (Phi) is 5.15. The third-order valence-corrected chi connectivity index (χ3v) is 4.06. The molecule has 24 heavy (non-hydrogen) atoms. The summed E-state index contributed by atoms with van der Waals surface area (Å²) in [4.78, 5) is 27.7. The van der Waals surface area contributed by atoms with Gasteiger partial charge in [-0.3, -0.25) is 14.6 Å². The summed E-state index contributed by atoms with van der Waals surface area (Å²) in [6.07, 6.45) is 8.73. The molecule has 0 atom stereocenters. The minimum Gasteiger partial charge on any atom is -0.354 e. The number of carbonyl (C=O) groups is 2. The molecule has 0 spiro atoms. The van der Waals surface area contributed by atoms with Crippen LogP contribution in [0.25, 0.3) is 0 Å². The number of aromatic nitrogens is 4. The van der Waals surface area contributed by atoms with Crippen LogP contribution < -0.4 is 10.6 Å². The summed E-state index contributed by atoms with van der Waals surface area (Å²) < 4.78 is 1.41. The van der Waals surface area contributed by atoms with Crippen LogP contribution in [0, 0.1) is 5.92 Å². The lowest BCUT2D eigenvalue weighted by molar-refractivity contribution is -0.122. The Morgan fingerprint density at radius 3 is 2.75 bits per heavy atom. The Hall–Kier alpha value is -2.77. The summed E-state index contributed by atoms with van der Waals surface area (Å²) in [5, 5.41) is 13.3. The van der Waals surface area contributed by atoms with E-state index < -0.39 is 0 Å². The second-order valence-corrected chi connectivity index (χ2v) is 5.87. The van der Waals surface area contributed by atoms with E-state index in [9.17, 15) is 9.59 Å². The highest BCUT2D eigenvalue weighted by molar-refractivity contribution is 5.92. The lowest BCUT2D eigenvalue weighted by Crippen LogP contribution is -2.29. The van der Waals surface area contributed by atoms with E-state index in [4.69, 9.17) is 0 Å². The molecule has 8 heteroatoms. The fraction of sp³-hybridized carbons (Fsp3) is 0.438. The van der Waals surface area contributed by atoms with E-state index in [-0.39, 0.29) is 24.3 Å². The normalized spacial score (nSPS) is 14.0. The van der Waals surface area contributed by atoms with Crippen molar-refractivity contribution in [1.29, 1.82) is 0 Å². The summed E-state index contributed by atoms with van der Waals surface area (Å²) in [5.74, 6) is 0.309. The predicted octanol–water partition coefficient (Wildman–Crippen LogP) is 0.771. The van der Waals surface area contributed by atoms with Crippen LogP contribution >= 0.6 is 0 Å². The van der Waals surface area contributed by atoms with Gasteiger partial charge in [0.15, 0.2) is 5.82 Å². The molecule has 2 aromatic rings. The van der Waals surface area contributed by atoms with Crippen LogP contribution in [0.1, 0.15) is 24.8 Å². The molecule has 0 saturated heterocycles. The Bertz CT molecular complexity index is 696. The van der Waals surface area contributed by atoms with Gasteiger partial charge < -0.3 is 10.6 Å². The number of hydrogen-bond donors (Lipinski definition) is 2. The number of carbonyl (C=O) groups excluding carboxylic acids is 2. The monoisotopic (exact) mass is 328 g/mol. The van der Waals surface area contributed by atoms with Gasteiger partial charge in [0.25, 0.3) is 0 Å². The van der Waals surface area contributed by atoms with Crippen LogP contribution in [0.3, 0.4) is 0 Å². The van der Waals surface area contributed by atoms with Crippen LogP contribution in [0.2, 0.25) is 0 Å². The molecule has 1 aliphatic rings. The van der Waals surface area contributed by atoms with E-state index in [2.05, 4.69) is 25.9 Å². The van der Waals surface area contributed by atoms with Crippen molar-refractivity contribution in [2.45, 2.75) is 32.2 Å². The molecule has 1 aliphatic carbocycles. The fourth-order valence-corrected chi connectivity index (χ4v) is 2.43. The summed E-state index contributed by atoms with van der Waals surface area (Å²) in [6, 6.07) is 3.83.